The predicted octanol–water partition coefficient (Wildman–Crippen LogP) is 3.95. The molecule has 7 heteroatoms. The van der Waals surface area contributed by atoms with Crippen molar-refractivity contribution in [2.24, 2.45) is 0 Å². The van der Waals surface area contributed by atoms with Crippen LogP contribution in [0.2, 0.25) is 0 Å². The highest BCUT2D eigenvalue weighted by Crippen LogP contribution is 2.29. The number of fused-ring (bicyclic) bond motifs is 1. The van der Waals surface area contributed by atoms with E-state index >= 15 is 0 Å². The van der Waals surface area contributed by atoms with Gasteiger partial charge in [-0.1, -0.05) is 19.1 Å². The van der Waals surface area contributed by atoms with Gasteiger partial charge in [0.05, 0.1) is 18.9 Å². The average Bonchev–Trinajstić information content (AvgIpc) is 2.76. The first-order valence-corrected chi connectivity index (χ1v) is 10.2. The van der Waals surface area contributed by atoms with Crippen molar-refractivity contribution in [2.45, 2.75) is 33.8 Å². The van der Waals surface area contributed by atoms with E-state index in [-0.39, 0.29) is 12.2 Å². The third-order valence-corrected chi connectivity index (χ3v) is 4.44. The van der Waals surface area contributed by atoms with Crippen molar-refractivity contribution in [3.63, 3.8) is 0 Å². The lowest BCUT2D eigenvalue weighted by atomic mass is 10.2. The van der Waals surface area contributed by atoms with Crippen molar-refractivity contribution in [2.75, 3.05) is 13.2 Å². The van der Waals surface area contributed by atoms with Crippen LogP contribution in [0.4, 0.5) is 0 Å². The highest BCUT2D eigenvalue weighted by Gasteiger charge is 2.08. The Morgan fingerprint density at radius 3 is 2.74 bits per heavy atom. The molecule has 2 heterocycles. The lowest BCUT2D eigenvalue weighted by molar-refractivity contribution is -0.139. The smallest absolute Gasteiger partial charge is 0.331 e. The normalized spacial score (nSPS) is 11.1. The highest BCUT2D eigenvalue weighted by molar-refractivity contribution is 5.87. The van der Waals surface area contributed by atoms with Crippen LogP contribution in [0.5, 0.6) is 11.5 Å². The summed E-state index contributed by atoms with van der Waals surface area (Å²) in [5, 5.41) is 0. The Balaban J connectivity index is 1.67. The number of hydrogen-bond acceptors (Lipinski definition) is 6. The fraction of sp³-hybridized carbons (Fsp3) is 0.292. The maximum Gasteiger partial charge on any atom is 0.331 e. The van der Waals surface area contributed by atoms with E-state index in [1.165, 1.54) is 16.5 Å². The number of carbonyl (C=O) groups excluding carboxylic acids is 1. The summed E-state index contributed by atoms with van der Waals surface area (Å²) in [5.41, 5.74) is 2.37. The summed E-state index contributed by atoms with van der Waals surface area (Å²) < 4.78 is 18.0. The van der Waals surface area contributed by atoms with Gasteiger partial charge < -0.3 is 14.2 Å². The Morgan fingerprint density at radius 2 is 1.97 bits per heavy atom. The van der Waals surface area contributed by atoms with Crippen LogP contribution in [0, 0.1) is 6.92 Å². The van der Waals surface area contributed by atoms with Crippen molar-refractivity contribution in [3.8, 4) is 11.5 Å². The van der Waals surface area contributed by atoms with Crippen LogP contribution in [0.15, 0.2) is 53.5 Å². The van der Waals surface area contributed by atoms with E-state index in [1.807, 2.05) is 45.0 Å². The van der Waals surface area contributed by atoms with E-state index < -0.39 is 5.97 Å². The molecule has 0 fully saturated rings. The van der Waals surface area contributed by atoms with Crippen molar-refractivity contribution in [3.05, 3.63) is 75.8 Å². The Hall–Kier alpha value is -3.61. The molecule has 0 saturated carbocycles. The number of benzene rings is 1. The van der Waals surface area contributed by atoms with Gasteiger partial charge in [0.25, 0.3) is 5.56 Å². The zero-order chi connectivity index (χ0) is 22.2. The molecule has 3 aromatic rings. The summed E-state index contributed by atoms with van der Waals surface area (Å²) in [6, 6.07) is 10.5. The number of esters is 1. The van der Waals surface area contributed by atoms with E-state index in [2.05, 4.69) is 4.98 Å². The molecule has 0 N–H and O–H groups in total. The van der Waals surface area contributed by atoms with Crippen LogP contribution in [-0.2, 0) is 16.1 Å². The minimum Gasteiger partial charge on any atom is -0.490 e. The summed E-state index contributed by atoms with van der Waals surface area (Å²) in [6.07, 6.45) is 5.53. The van der Waals surface area contributed by atoms with Gasteiger partial charge in [-0.3, -0.25) is 9.20 Å². The van der Waals surface area contributed by atoms with Gasteiger partial charge in [0, 0.05) is 18.3 Å². The summed E-state index contributed by atoms with van der Waals surface area (Å²) in [7, 11) is 0. The van der Waals surface area contributed by atoms with Crippen molar-refractivity contribution in [1.29, 1.82) is 0 Å². The molecule has 0 aliphatic carbocycles. The molecule has 0 amide bonds. The number of aromatic nitrogens is 2. The van der Waals surface area contributed by atoms with Crippen molar-refractivity contribution in [1.82, 2.24) is 9.38 Å². The zero-order valence-electron chi connectivity index (χ0n) is 18.0. The lowest BCUT2D eigenvalue weighted by Crippen LogP contribution is -2.17. The number of nitrogens with zero attached hydrogens (tertiary/aromatic N) is 2. The summed E-state index contributed by atoms with van der Waals surface area (Å²) >= 11 is 0. The second-order valence-corrected chi connectivity index (χ2v) is 6.90. The number of ether oxygens (including phenoxy) is 3. The van der Waals surface area contributed by atoms with E-state index in [0.717, 1.165) is 17.5 Å². The molecule has 3 rings (SSSR count). The van der Waals surface area contributed by atoms with Gasteiger partial charge in [0.1, 0.15) is 12.3 Å². The van der Waals surface area contributed by atoms with Crippen LogP contribution < -0.4 is 15.0 Å². The molecule has 1 aromatic carbocycles. The second-order valence-electron chi connectivity index (χ2n) is 6.90. The monoisotopic (exact) mass is 422 g/mol. The Bertz CT molecular complexity index is 1150. The lowest BCUT2D eigenvalue weighted by Gasteiger charge is -2.12. The van der Waals surface area contributed by atoms with Crippen LogP contribution in [-0.4, -0.2) is 28.6 Å². The van der Waals surface area contributed by atoms with Crippen molar-refractivity contribution < 1.29 is 19.0 Å². The second kappa shape index (κ2) is 10.4. The number of hydrogen-bond donors (Lipinski definition) is 0. The third kappa shape index (κ3) is 5.72. The van der Waals surface area contributed by atoms with Gasteiger partial charge in [-0.2, -0.15) is 0 Å². The molecule has 0 atom stereocenters. The highest BCUT2D eigenvalue weighted by atomic mass is 16.5. The fourth-order valence-corrected chi connectivity index (χ4v) is 2.97. The quantitative estimate of drug-likeness (QED) is 0.384. The minimum absolute atomic E-state index is 0.0861. The first kappa shape index (κ1) is 22.1. The van der Waals surface area contributed by atoms with Gasteiger partial charge >= 0.3 is 5.97 Å². The predicted molar refractivity (Wildman–Crippen MR) is 118 cm³/mol. The van der Waals surface area contributed by atoms with E-state index in [1.54, 1.807) is 18.3 Å². The SMILES string of the molecule is CCCOc1ccc(/C=C/C(=O)OCc2cc(=O)n3cccc(C)c3n2)cc1OCC. The topological polar surface area (TPSA) is 79.1 Å². The number of rotatable bonds is 9. The molecule has 0 aliphatic rings. The van der Waals surface area contributed by atoms with E-state index in [0.29, 0.717) is 36.1 Å². The maximum absolute atomic E-state index is 12.2. The molecule has 0 aliphatic heterocycles. The zero-order valence-corrected chi connectivity index (χ0v) is 18.0. The molecule has 162 valence electrons. The standard InChI is InChI=1S/C24H26N2O5/c1-4-13-30-20-10-8-18(14-21(20)29-5-2)9-11-23(28)31-16-19-15-22(27)26-12-6-7-17(3)24(26)25-19/h6-12,14-15H,4-5,13,16H2,1-3H3/b11-9+. The summed E-state index contributed by atoms with van der Waals surface area (Å²) in [5.74, 6) is 0.770. The average molecular weight is 422 g/mol. The van der Waals surface area contributed by atoms with Gasteiger partial charge in [0.15, 0.2) is 11.5 Å². The molecule has 0 saturated heterocycles. The molecule has 2 aromatic heterocycles. The van der Waals surface area contributed by atoms with Gasteiger partial charge in [-0.25, -0.2) is 9.78 Å². The molecule has 0 bridgehead atoms. The van der Waals surface area contributed by atoms with E-state index in [4.69, 9.17) is 14.2 Å². The molecule has 7 nitrogen and oxygen atoms in total. The molecule has 0 radical (unpaired) electrons. The minimum atomic E-state index is -0.531. The summed E-state index contributed by atoms with van der Waals surface area (Å²) in [4.78, 5) is 28.8. The number of pyridine rings is 1. The van der Waals surface area contributed by atoms with Crippen molar-refractivity contribution >= 4 is 17.7 Å². The first-order chi connectivity index (χ1) is 15.0. The van der Waals surface area contributed by atoms with Crippen LogP contribution in [0.1, 0.15) is 37.1 Å². The maximum atomic E-state index is 12.2. The van der Waals surface area contributed by atoms with Gasteiger partial charge in [-0.05, 0) is 55.7 Å². The molecular weight excluding hydrogens is 396 g/mol. The Kier molecular flexibility index (Phi) is 7.43. The molecule has 0 spiro atoms. The van der Waals surface area contributed by atoms with Gasteiger partial charge in [-0.15, -0.1) is 0 Å². The van der Waals surface area contributed by atoms with E-state index in [9.17, 15) is 9.59 Å². The van der Waals surface area contributed by atoms with Crippen LogP contribution >= 0.6 is 0 Å². The molecular formula is C24H26N2O5. The molecule has 31 heavy (non-hydrogen) atoms. The Morgan fingerprint density at radius 1 is 1.13 bits per heavy atom. The van der Waals surface area contributed by atoms with Gasteiger partial charge in [0.2, 0.25) is 0 Å². The third-order valence-electron chi connectivity index (χ3n) is 4.44. The number of carbonyl (C=O) groups is 1. The van der Waals surface area contributed by atoms with Crippen LogP contribution in [0.25, 0.3) is 11.7 Å². The first-order valence-electron chi connectivity index (χ1n) is 10.2. The fourth-order valence-electron chi connectivity index (χ4n) is 2.97. The van der Waals surface area contributed by atoms with Crippen LogP contribution in [0.3, 0.4) is 0 Å². The Labute approximate surface area is 180 Å². The number of aryl methyl sites for hydroxylation is 1. The molecule has 0 unspecified atom stereocenters. The largest absolute Gasteiger partial charge is 0.490 e. The summed E-state index contributed by atoms with van der Waals surface area (Å²) in [6.45, 7) is 6.84.